The fourth-order valence-electron chi connectivity index (χ4n) is 2.62. The summed E-state index contributed by atoms with van der Waals surface area (Å²) in [5, 5.41) is 20.4. The molecule has 3 rings (SSSR count). The van der Waals surface area contributed by atoms with Crippen molar-refractivity contribution in [2.75, 3.05) is 12.3 Å². The van der Waals surface area contributed by atoms with Crippen molar-refractivity contribution in [1.82, 2.24) is 19.5 Å². The molecule has 0 saturated carbocycles. The van der Waals surface area contributed by atoms with Gasteiger partial charge in [-0.05, 0) is 0 Å². The van der Waals surface area contributed by atoms with Gasteiger partial charge in [-0.1, -0.05) is 0 Å². The molecule has 1 aliphatic heterocycles. The fraction of sp³-hybridized carbons (Fsp3) is 0.500. The van der Waals surface area contributed by atoms with Crippen LogP contribution >= 0.6 is 23.5 Å². The average molecular weight is 507 g/mol. The topological polar surface area (TPSA) is 279 Å². The van der Waals surface area contributed by atoms with Gasteiger partial charge < -0.3 is 40.3 Å². The fourth-order valence-corrected chi connectivity index (χ4v) is 5.65. The summed E-state index contributed by atoms with van der Waals surface area (Å²) < 4.78 is 51.9. The van der Waals surface area contributed by atoms with E-state index in [0.717, 1.165) is 6.33 Å². The molecule has 0 bridgehead atoms. The van der Waals surface area contributed by atoms with E-state index in [4.69, 9.17) is 25.2 Å². The standard InChI is InChI=1S/C10H16N5O13P3/c11-8-5-9(13-2-12-8)15(3-14-5)10-7(17)6(16)4(26-10)1-25-30(21,22)28-31(23,24)27-29(18,19)20/h2-4,6-7,10,16-17H,1H2,(H,21,22)(H,23,24)(H2,11,12,13)(H2,18,19,20)/t4-,6-,7-,10?/m1/s1. The van der Waals surface area contributed by atoms with Gasteiger partial charge in [0.2, 0.25) is 0 Å². The molecule has 1 aliphatic rings. The lowest BCUT2D eigenvalue weighted by Gasteiger charge is -2.19. The van der Waals surface area contributed by atoms with Crippen molar-refractivity contribution in [3.63, 3.8) is 0 Å². The van der Waals surface area contributed by atoms with Gasteiger partial charge in [-0.15, -0.1) is 0 Å². The second-order valence-electron chi connectivity index (χ2n) is 6.02. The summed E-state index contributed by atoms with van der Waals surface area (Å²) in [6.45, 7) is -0.956. The largest absolute Gasteiger partial charge is 0.490 e. The first-order valence-corrected chi connectivity index (χ1v) is 12.4. The molecular formula is C10H16N5O13P3. The Bertz CT molecular complexity index is 1100. The minimum atomic E-state index is -5.70. The van der Waals surface area contributed by atoms with Gasteiger partial charge in [0.25, 0.3) is 0 Å². The van der Waals surface area contributed by atoms with Gasteiger partial charge in [0.15, 0.2) is 17.7 Å². The monoisotopic (exact) mass is 507 g/mol. The molecule has 0 aliphatic carbocycles. The molecular weight excluding hydrogens is 491 g/mol. The highest BCUT2D eigenvalue weighted by atomic mass is 31.3. The van der Waals surface area contributed by atoms with E-state index in [1.54, 1.807) is 0 Å². The number of hydrogen-bond donors (Lipinski definition) is 7. The third kappa shape index (κ3) is 5.71. The normalized spacial score (nSPS) is 28.5. The molecule has 0 aromatic carbocycles. The Morgan fingerprint density at radius 2 is 1.71 bits per heavy atom. The van der Waals surface area contributed by atoms with Crippen LogP contribution in [-0.4, -0.2) is 74.2 Å². The molecule has 31 heavy (non-hydrogen) atoms. The Labute approximate surface area is 171 Å². The van der Waals surface area contributed by atoms with Crippen LogP contribution in [0.25, 0.3) is 11.2 Å². The van der Waals surface area contributed by atoms with E-state index in [9.17, 15) is 28.8 Å². The molecule has 3 heterocycles. The molecule has 1 fully saturated rings. The SMILES string of the molecule is Nc1ncnc2c1ncn2C1O[C@H](COP(=O)(O)OP(=O)(O)OP(=O)(O)O)[C@@H](O)[C@H]1O. The van der Waals surface area contributed by atoms with Gasteiger partial charge in [-0.25, -0.2) is 28.6 Å². The number of phosphoric ester groups is 1. The number of nitrogen functional groups attached to an aromatic ring is 1. The van der Waals surface area contributed by atoms with Crippen molar-refractivity contribution >= 4 is 40.4 Å². The van der Waals surface area contributed by atoms with Crippen LogP contribution in [0, 0.1) is 0 Å². The Hall–Kier alpha value is -1.36. The number of aliphatic hydroxyl groups excluding tert-OH is 2. The first kappa shape index (κ1) is 24.3. The summed E-state index contributed by atoms with van der Waals surface area (Å²) in [5.41, 5.74) is 6.00. The van der Waals surface area contributed by atoms with Gasteiger partial charge in [0, 0.05) is 0 Å². The highest BCUT2D eigenvalue weighted by molar-refractivity contribution is 7.66. The van der Waals surface area contributed by atoms with Gasteiger partial charge in [0.1, 0.15) is 30.2 Å². The number of ether oxygens (including phenoxy) is 1. The van der Waals surface area contributed by atoms with Crippen LogP contribution in [0.5, 0.6) is 0 Å². The number of aromatic nitrogens is 4. The number of rotatable bonds is 8. The molecule has 174 valence electrons. The maximum Gasteiger partial charge on any atom is 0.490 e. The summed E-state index contributed by atoms with van der Waals surface area (Å²) in [4.78, 5) is 47.2. The summed E-state index contributed by atoms with van der Waals surface area (Å²) in [6.07, 6.45) is -3.69. The van der Waals surface area contributed by atoms with Crippen LogP contribution in [0.4, 0.5) is 5.82 Å². The van der Waals surface area contributed by atoms with E-state index in [-0.39, 0.29) is 17.0 Å². The maximum atomic E-state index is 11.8. The quantitative estimate of drug-likeness (QED) is 0.197. The van der Waals surface area contributed by atoms with E-state index in [0.29, 0.717) is 0 Å². The van der Waals surface area contributed by atoms with E-state index in [2.05, 4.69) is 28.1 Å². The van der Waals surface area contributed by atoms with Crippen molar-refractivity contribution in [3.8, 4) is 0 Å². The molecule has 8 N–H and O–H groups in total. The zero-order valence-electron chi connectivity index (χ0n) is 14.9. The van der Waals surface area contributed by atoms with Crippen LogP contribution < -0.4 is 5.73 Å². The molecule has 0 spiro atoms. The van der Waals surface area contributed by atoms with Crippen molar-refractivity contribution < 1.29 is 61.4 Å². The Kier molecular flexibility index (Phi) is 6.68. The van der Waals surface area contributed by atoms with Gasteiger partial charge in [-0.3, -0.25) is 9.09 Å². The van der Waals surface area contributed by atoms with E-state index < -0.39 is 54.6 Å². The predicted molar refractivity (Wildman–Crippen MR) is 95.5 cm³/mol. The summed E-state index contributed by atoms with van der Waals surface area (Å²) in [5.74, 6) is 0.0426. The Balaban J connectivity index is 1.69. The molecule has 3 unspecified atom stereocenters. The summed E-state index contributed by atoms with van der Waals surface area (Å²) >= 11 is 0. The minimum absolute atomic E-state index is 0.0426. The lowest BCUT2D eigenvalue weighted by atomic mass is 10.1. The molecule has 1 saturated heterocycles. The number of nitrogens with zero attached hydrogens (tertiary/aromatic N) is 4. The number of aliphatic hydroxyl groups is 2. The lowest BCUT2D eigenvalue weighted by molar-refractivity contribution is -0.0503. The molecule has 18 nitrogen and oxygen atoms in total. The third-order valence-corrected chi connectivity index (χ3v) is 7.62. The number of hydrogen-bond acceptors (Lipinski definition) is 13. The molecule has 0 radical (unpaired) electrons. The first-order chi connectivity index (χ1) is 14.2. The zero-order valence-corrected chi connectivity index (χ0v) is 17.6. The highest BCUT2D eigenvalue weighted by Gasteiger charge is 2.47. The average Bonchev–Trinajstić information content (AvgIpc) is 3.13. The lowest BCUT2D eigenvalue weighted by Crippen LogP contribution is -2.33. The third-order valence-electron chi connectivity index (χ3n) is 3.82. The molecule has 0 amide bonds. The zero-order chi connectivity index (χ0) is 23.2. The number of nitrogens with two attached hydrogens (primary N) is 1. The first-order valence-electron chi connectivity index (χ1n) is 7.92. The second-order valence-corrected chi connectivity index (χ2v) is 10.4. The van der Waals surface area contributed by atoms with Gasteiger partial charge in [0.05, 0.1) is 12.9 Å². The van der Waals surface area contributed by atoms with Crippen LogP contribution in [0.2, 0.25) is 0 Å². The number of phosphoric acid groups is 3. The Morgan fingerprint density at radius 3 is 2.35 bits per heavy atom. The molecule has 2 aromatic heterocycles. The summed E-state index contributed by atoms with van der Waals surface area (Å²) in [6, 6.07) is 0. The maximum absolute atomic E-state index is 11.8. The second kappa shape index (κ2) is 8.53. The van der Waals surface area contributed by atoms with Crippen molar-refractivity contribution in [2.45, 2.75) is 24.5 Å². The molecule has 21 heteroatoms. The van der Waals surface area contributed by atoms with Crippen LogP contribution in [0.3, 0.4) is 0 Å². The van der Waals surface area contributed by atoms with Crippen molar-refractivity contribution in [2.24, 2.45) is 0 Å². The number of imidazole rings is 1. The minimum Gasteiger partial charge on any atom is -0.387 e. The van der Waals surface area contributed by atoms with Crippen LogP contribution in [0.1, 0.15) is 6.23 Å². The van der Waals surface area contributed by atoms with Crippen molar-refractivity contribution in [1.29, 1.82) is 0 Å². The van der Waals surface area contributed by atoms with Gasteiger partial charge in [-0.2, -0.15) is 8.62 Å². The van der Waals surface area contributed by atoms with Gasteiger partial charge >= 0.3 is 23.5 Å². The Morgan fingerprint density at radius 1 is 1.03 bits per heavy atom. The molecule has 6 atom stereocenters. The van der Waals surface area contributed by atoms with E-state index >= 15 is 0 Å². The van der Waals surface area contributed by atoms with Crippen LogP contribution in [0.15, 0.2) is 12.7 Å². The number of fused-ring (bicyclic) bond motifs is 1. The molecule has 2 aromatic rings. The number of anilines is 1. The van der Waals surface area contributed by atoms with Crippen LogP contribution in [-0.2, 0) is 31.6 Å². The highest BCUT2D eigenvalue weighted by Crippen LogP contribution is 2.66. The van der Waals surface area contributed by atoms with Crippen molar-refractivity contribution in [3.05, 3.63) is 12.7 Å². The van der Waals surface area contributed by atoms with E-state index in [1.807, 2.05) is 0 Å². The predicted octanol–water partition coefficient (Wildman–Crippen LogP) is -1.63. The smallest absolute Gasteiger partial charge is 0.387 e. The summed E-state index contributed by atoms with van der Waals surface area (Å²) in [7, 11) is -16.7. The van der Waals surface area contributed by atoms with E-state index in [1.165, 1.54) is 10.9 Å².